The zero-order valence-electron chi connectivity index (χ0n) is 11.4. The fraction of sp³-hybridized carbons (Fsp3) is 0.615. The van der Waals surface area contributed by atoms with Crippen LogP contribution in [-0.2, 0) is 0 Å². The molecule has 1 heterocycles. The average molecular weight is 250 g/mol. The summed E-state index contributed by atoms with van der Waals surface area (Å²) >= 11 is 0. The smallest absolute Gasteiger partial charge is 0.271 e. The first-order valence-electron chi connectivity index (χ1n) is 6.58. The fourth-order valence-electron chi connectivity index (χ4n) is 1.62. The van der Waals surface area contributed by atoms with Crippen LogP contribution in [0.2, 0.25) is 0 Å². The monoisotopic (exact) mass is 250 g/mol. The van der Waals surface area contributed by atoms with E-state index in [2.05, 4.69) is 41.0 Å². The summed E-state index contributed by atoms with van der Waals surface area (Å²) in [6, 6.07) is 0. The van der Waals surface area contributed by atoms with Crippen molar-refractivity contribution in [3.05, 3.63) is 18.1 Å². The number of rotatable bonds is 7. The van der Waals surface area contributed by atoms with Gasteiger partial charge in [0.2, 0.25) is 0 Å². The van der Waals surface area contributed by atoms with Crippen molar-refractivity contribution in [1.82, 2.24) is 15.3 Å². The Morgan fingerprint density at radius 1 is 1.22 bits per heavy atom. The SMILES string of the molecule is CCCCNC(=O)c1cnc(N(CC)CC)cn1. The van der Waals surface area contributed by atoms with E-state index in [0.717, 1.165) is 31.7 Å². The second kappa shape index (κ2) is 7.63. The lowest BCUT2D eigenvalue weighted by Gasteiger charge is -2.18. The molecular weight excluding hydrogens is 228 g/mol. The van der Waals surface area contributed by atoms with Gasteiger partial charge < -0.3 is 10.2 Å². The Labute approximate surface area is 109 Å². The summed E-state index contributed by atoms with van der Waals surface area (Å²) in [6.07, 6.45) is 5.24. The summed E-state index contributed by atoms with van der Waals surface area (Å²) in [5.74, 6) is 0.659. The molecule has 0 saturated carbocycles. The first-order chi connectivity index (χ1) is 8.72. The molecule has 0 bridgehead atoms. The predicted octanol–water partition coefficient (Wildman–Crippen LogP) is 1.85. The molecule has 5 heteroatoms. The Bertz CT molecular complexity index is 360. The zero-order valence-corrected chi connectivity index (χ0v) is 11.4. The molecule has 0 aromatic carbocycles. The second-order valence-electron chi connectivity index (χ2n) is 4.04. The molecular formula is C13H22N4O. The first kappa shape index (κ1) is 14.4. The molecule has 0 fully saturated rings. The van der Waals surface area contributed by atoms with E-state index in [4.69, 9.17) is 0 Å². The minimum Gasteiger partial charge on any atom is -0.356 e. The van der Waals surface area contributed by atoms with Gasteiger partial charge in [-0.2, -0.15) is 0 Å². The molecule has 1 amide bonds. The van der Waals surface area contributed by atoms with E-state index in [0.29, 0.717) is 12.2 Å². The van der Waals surface area contributed by atoms with Crippen molar-refractivity contribution in [2.24, 2.45) is 0 Å². The van der Waals surface area contributed by atoms with Crippen LogP contribution in [0.1, 0.15) is 44.1 Å². The van der Waals surface area contributed by atoms with Crippen LogP contribution in [0.15, 0.2) is 12.4 Å². The maximum Gasteiger partial charge on any atom is 0.271 e. The number of hydrogen-bond acceptors (Lipinski definition) is 4. The van der Waals surface area contributed by atoms with Crippen LogP contribution >= 0.6 is 0 Å². The van der Waals surface area contributed by atoms with Crippen molar-refractivity contribution in [3.63, 3.8) is 0 Å². The number of carbonyl (C=O) groups is 1. The lowest BCUT2D eigenvalue weighted by Crippen LogP contribution is -2.27. The number of hydrogen-bond donors (Lipinski definition) is 1. The molecule has 1 aromatic heterocycles. The van der Waals surface area contributed by atoms with Gasteiger partial charge in [0.25, 0.3) is 5.91 Å². The van der Waals surface area contributed by atoms with Crippen molar-refractivity contribution in [3.8, 4) is 0 Å². The van der Waals surface area contributed by atoms with E-state index >= 15 is 0 Å². The minimum atomic E-state index is -0.151. The largest absolute Gasteiger partial charge is 0.356 e. The summed E-state index contributed by atoms with van der Waals surface area (Å²) in [4.78, 5) is 22.2. The van der Waals surface area contributed by atoms with Gasteiger partial charge in [0.05, 0.1) is 12.4 Å². The molecule has 0 radical (unpaired) electrons. The number of nitrogens with one attached hydrogen (secondary N) is 1. The van der Waals surface area contributed by atoms with Gasteiger partial charge in [0, 0.05) is 19.6 Å². The molecule has 0 saturated heterocycles. The van der Waals surface area contributed by atoms with Crippen LogP contribution < -0.4 is 10.2 Å². The second-order valence-corrected chi connectivity index (χ2v) is 4.04. The van der Waals surface area contributed by atoms with E-state index in [1.807, 2.05) is 0 Å². The van der Waals surface area contributed by atoms with Crippen LogP contribution in [0.5, 0.6) is 0 Å². The molecule has 1 rings (SSSR count). The lowest BCUT2D eigenvalue weighted by atomic mass is 10.3. The number of aromatic nitrogens is 2. The van der Waals surface area contributed by atoms with Crippen molar-refractivity contribution < 1.29 is 4.79 Å². The molecule has 0 aliphatic carbocycles. The van der Waals surface area contributed by atoms with Crippen LogP contribution in [0.25, 0.3) is 0 Å². The zero-order chi connectivity index (χ0) is 13.4. The lowest BCUT2D eigenvalue weighted by molar-refractivity contribution is 0.0948. The van der Waals surface area contributed by atoms with Gasteiger partial charge in [-0.15, -0.1) is 0 Å². The fourth-order valence-corrected chi connectivity index (χ4v) is 1.62. The van der Waals surface area contributed by atoms with E-state index in [-0.39, 0.29) is 5.91 Å². The van der Waals surface area contributed by atoms with Crippen molar-refractivity contribution in [2.45, 2.75) is 33.6 Å². The molecule has 1 N–H and O–H groups in total. The third-order valence-corrected chi connectivity index (χ3v) is 2.77. The Kier molecular flexibility index (Phi) is 6.11. The van der Waals surface area contributed by atoms with Gasteiger partial charge in [-0.1, -0.05) is 13.3 Å². The topological polar surface area (TPSA) is 58.1 Å². The van der Waals surface area contributed by atoms with Gasteiger partial charge in [-0.05, 0) is 20.3 Å². The number of amides is 1. The molecule has 0 spiro atoms. The summed E-state index contributed by atoms with van der Waals surface area (Å²) < 4.78 is 0. The van der Waals surface area contributed by atoms with E-state index in [1.54, 1.807) is 6.20 Å². The minimum absolute atomic E-state index is 0.151. The molecule has 5 nitrogen and oxygen atoms in total. The Balaban J connectivity index is 2.61. The van der Waals surface area contributed by atoms with Crippen molar-refractivity contribution >= 4 is 11.7 Å². The van der Waals surface area contributed by atoms with Crippen molar-refractivity contribution in [1.29, 1.82) is 0 Å². The molecule has 0 aliphatic heterocycles. The Morgan fingerprint density at radius 2 is 1.94 bits per heavy atom. The third kappa shape index (κ3) is 3.98. The van der Waals surface area contributed by atoms with Gasteiger partial charge in [-0.3, -0.25) is 4.79 Å². The first-order valence-corrected chi connectivity index (χ1v) is 6.58. The highest BCUT2D eigenvalue weighted by molar-refractivity contribution is 5.91. The predicted molar refractivity (Wildman–Crippen MR) is 72.8 cm³/mol. The van der Waals surface area contributed by atoms with Crippen LogP contribution in [0, 0.1) is 0 Å². The van der Waals surface area contributed by atoms with Crippen LogP contribution in [-0.4, -0.2) is 35.5 Å². The summed E-state index contributed by atoms with van der Waals surface area (Å²) in [5.41, 5.74) is 0.377. The summed E-state index contributed by atoms with van der Waals surface area (Å²) in [6.45, 7) is 8.67. The third-order valence-electron chi connectivity index (χ3n) is 2.77. The van der Waals surface area contributed by atoms with Gasteiger partial charge in [0.15, 0.2) is 0 Å². The number of nitrogens with zero attached hydrogens (tertiary/aromatic N) is 3. The maximum atomic E-state index is 11.7. The van der Waals surface area contributed by atoms with E-state index in [9.17, 15) is 4.79 Å². The molecule has 0 aliphatic rings. The van der Waals surface area contributed by atoms with Crippen LogP contribution in [0.4, 0.5) is 5.82 Å². The standard InChI is InChI=1S/C13H22N4O/c1-4-7-8-14-13(18)11-9-16-12(10-15-11)17(5-2)6-3/h9-10H,4-8H2,1-3H3,(H,14,18). The highest BCUT2D eigenvalue weighted by Gasteiger charge is 2.09. The van der Waals surface area contributed by atoms with Gasteiger partial charge in [-0.25, -0.2) is 9.97 Å². The van der Waals surface area contributed by atoms with Crippen LogP contribution in [0.3, 0.4) is 0 Å². The molecule has 0 unspecified atom stereocenters. The molecule has 0 atom stereocenters. The maximum absolute atomic E-state index is 11.7. The Hall–Kier alpha value is -1.65. The highest BCUT2D eigenvalue weighted by Crippen LogP contribution is 2.07. The molecule has 100 valence electrons. The van der Waals surface area contributed by atoms with E-state index in [1.165, 1.54) is 6.20 Å². The molecule has 1 aromatic rings. The Morgan fingerprint density at radius 3 is 2.44 bits per heavy atom. The number of unbranched alkanes of at least 4 members (excludes halogenated alkanes) is 1. The molecule has 18 heavy (non-hydrogen) atoms. The van der Waals surface area contributed by atoms with Gasteiger partial charge in [0.1, 0.15) is 11.5 Å². The van der Waals surface area contributed by atoms with Crippen molar-refractivity contribution in [2.75, 3.05) is 24.5 Å². The van der Waals surface area contributed by atoms with Gasteiger partial charge >= 0.3 is 0 Å². The summed E-state index contributed by atoms with van der Waals surface area (Å²) in [5, 5.41) is 2.82. The van der Waals surface area contributed by atoms with E-state index < -0.39 is 0 Å². The normalized spacial score (nSPS) is 10.2. The number of carbonyl (C=O) groups excluding carboxylic acids is 1. The average Bonchev–Trinajstić information content (AvgIpc) is 2.41. The quantitative estimate of drug-likeness (QED) is 0.750. The number of anilines is 1. The highest BCUT2D eigenvalue weighted by atomic mass is 16.1. The summed E-state index contributed by atoms with van der Waals surface area (Å²) in [7, 11) is 0.